The zero-order chi connectivity index (χ0) is 11.5. The number of anilines is 1. The summed E-state index contributed by atoms with van der Waals surface area (Å²) in [7, 11) is 0. The Kier molecular flexibility index (Phi) is 3.05. The molecule has 5 heteroatoms. The van der Waals surface area contributed by atoms with Crippen LogP contribution in [0.25, 0.3) is 0 Å². The van der Waals surface area contributed by atoms with Gasteiger partial charge in [0.1, 0.15) is 10.8 Å². The van der Waals surface area contributed by atoms with Crippen LogP contribution in [-0.4, -0.2) is 9.97 Å². The van der Waals surface area contributed by atoms with Crippen LogP contribution in [0, 0.1) is 12.7 Å². The predicted molar refractivity (Wildman–Crippen MR) is 61.7 cm³/mol. The van der Waals surface area contributed by atoms with Crippen molar-refractivity contribution in [1.29, 1.82) is 0 Å². The van der Waals surface area contributed by atoms with E-state index in [-0.39, 0.29) is 11.8 Å². The molecule has 16 heavy (non-hydrogen) atoms. The van der Waals surface area contributed by atoms with Crippen molar-refractivity contribution in [3.63, 3.8) is 0 Å². The molecule has 0 saturated carbocycles. The van der Waals surface area contributed by atoms with Gasteiger partial charge in [0.15, 0.2) is 0 Å². The number of hydrogen-bond acceptors (Lipinski definition) is 4. The largest absolute Gasteiger partial charge is 0.368 e. The molecule has 0 unspecified atom stereocenters. The van der Waals surface area contributed by atoms with E-state index in [1.54, 1.807) is 18.3 Å². The third kappa shape index (κ3) is 2.49. The average Bonchev–Trinajstić information content (AvgIpc) is 2.27. The number of nitrogens with two attached hydrogens (primary N) is 1. The van der Waals surface area contributed by atoms with Gasteiger partial charge in [0, 0.05) is 16.7 Å². The molecule has 0 aliphatic heterocycles. The van der Waals surface area contributed by atoms with Crippen molar-refractivity contribution in [2.24, 2.45) is 0 Å². The molecular weight excluding hydrogens is 225 g/mol. The maximum atomic E-state index is 12.7. The van der Waals surface area contributed by atoms with Crippen LogP contribution in [0.3, 0.4) is 0 Å². The third-order valence-electron chi connectivity index (χ3n) is 1.97. The first-order chi connectivity index (χ1) is 7.65. The highest BCUT2D eigenvalue weighted by molar-refractivity contribution is 7.99. The van der Waals surface area contributed by atoms with E-state index in [1.165, 1.54) is 23.9 Å². The first-order valence-corrected chi connectivity index (χ1v) is 5.49. The number of aryl methyl sites for hydroxylation is 1. The van der Waals surface area contributed by atoms with Gasteiger partial charge < -0.3 is 5.73 Å². The van der Waals surface area contributed by atoms with Crippen LogP contribution < -0.4 is 5.73 Å². The lowest BCUT2D eigenvalue weighted by molar-refractivity contribution is 0.626. The lowest BCUT2D eigenvalue weighted by atomic mass is 10.3. The van der Waals surface area contributed by atoms with Gasteiger partial charge in [0.25, 0.3) is 0 Å². The first kappa shape index (κ1) is 10.9. The topological polar surface area (TPSA) is 51.8 Å². The first-order valence-electron chi connectivity index (χ1n) is 4.67. The van der Waals surface area contributed by atoms with Crippen molar-refractivity contribution >= 4 is 17.7 Å². The minimum atomic E-state index is -0.247. The second kappa shape index (κ2) is 4.49. The van der Waals surface area contributed by atoms with Gasteiger partial charge in [-0.1, -0.05) is 11.8 Å². The fraction of sp³-hybridized carbons (Fsp3) is 0.0909. The van der Waals surface area contributed by atoms with Gasteiger partial charge in [0.05, 0.1) is 0 Å². The Labute approximate surface area is 96.9 Å². The highest BCUT2D eigenvalue weighted by Gasteiger charge is 2.04. The second-order valence-corrected chi connectivity index (χ2v) is 4.33. The van der Waals surface area contributed by atoms with Crippen LogP contribution in [0.15, 0.2) is 40.4 Å². The number of rotatable bonds is 2. The van der Waals surface area contributed by atoms with E-state index in [4.69, 9.17) is 5.73 Å². The number of benzene rings is 1. The third-order valence-corrected chi connectivity index (χ3v) is 3.09. The highest BCUT2D eigenvalue weighted by atomic mass is 32.2. The number of nitrogen functional groups attached to an aromatic ring is 1. The maximum absolute atomic E-state index is 12.7. The second-order valence-electron chi connectivity index (χ2n) is 3.27. The Morgan fingerprint density at radius 3 is 2.62 bits per heavy atom. The maximum Gasteiger partial charge on any atom is 0.221 e. The van der Waals surface area contributed by atoms with Gasteiger partial charge in [-0.25, -0.2) is 14.4 Å². The summed E-state index contributed by atoms with van der Waals surface area (Å²) in [4.78, 5) is 8.93. The molecule has 0 atom stereocenters. The average molecular weight is 235 g/mol. The van der Waals surface area contributed by atoms with Crippen molar-refractivity contribution in [2.75, 3.05) is 5.73 Å². The highest BCUT2D eigenvalue weighted by Crippen LogP contribution is 2.28. The summed E-state index contributed by atoms with van der Waals surface area (Å²) >= 11 is 1.44. The Morgan fingerprint density at radius 1 is 1.25 bits per heavy atom. The van der Waals surface area contributed by atoms with E-state index in [0.29, 0.717) is 0 Å². The molecule has 0 aliphatic rings. The summed E-state index contributed by atoms with van der Waals surface area (Å²) < 4.78 is 12.7. The summed E-state index contributed by atoms with van der Waals surface area (Å²) in [5, 5.41) is 0.791. The monoisotopic (exact) mass is 235 g/mol. The van der Waals surface area contributed by atoms with Gasteiger partial charge in [-0.15, -0.1) is 0 Å². The van der Waals surface area contributed by atoms with Gasteiger partial charge in [0.2, 0.25) is 5.95 Å². The zero-order valence-corrected chi connectivity index (χ0v) is 9.46. The van der Waals surface area contributed by atoms with E-state index in [1.807, 2.05) is 6.92 Å². The molecule has 2 rings (SSSR count). The van der Waals surface area contributed by atoms with Gasteiger partial charge in [-0.2, -0.15) is 0 Å². The number of halogens is 1. The summed E-state index contributed by atoms with van der Waals surface area (Å²) in [5.74, 6) is -0.00140. The van der Waals surface area contributed by atoms with Crippen LogP contribution in [0.1, 0.15) is 5.56 Å². The van der Waals surface area contributed by atoms with E-state index < -0.39 is 0 Å². The van der Waals surface area contributed by atoms with Crippen molar-refractivity contribution in [2.45, 2.75) is 16.8 Å². The molecule has 0 radical (unpaired) electrons. The fourth-order valence-corrected chi connectivity index (χ4v) is 2.01. The van der Waals surface area contributed by atoms with Crippen molar-refractivity contribution in [1.82, 2.24) is 9.97 Å². The van der Waals surface area contributed by atoms with Gasteiger partial charge in [-0.05, 0) is 31.2 Å². The molecular formula is C11H10FN3S. The molecule has 1 heterocycles. The molecule has 2 N–H and O–H groups in total. The Balaban J connectivity index is 2.26. The molecule has 0 fully saturated rings. The molecule has 82 valence electrons. The Bertz CT molecular complexity index is 499. The lowest BCUT2D eigenvalue weighted by Crippen LogP contribution is -1.97. The van der Waals surface area contributed by atoms with E-state index >= 15 is 0 Å². The number of hydrogen-bond donors (Lipinski definition) is 1. The van der Waals surface area contributed by atoms with Crippen LogP contribution in [0.5, 0.6) is 0 Å². The van der Waals surface area contributed by atoms with Crippen molar-refractivity contribution < 1.29 is 4.39 Å². The van der Waals surface area contributed by atoms with Crippen LogP contribution in [0.4, 0.5) is 10.3 Å². The standard InChI is InChI=1S/C11H10FN3S/c1-7-6-14-11(13)15-10(7)16-9-4-2-8(12)3-5-9/h2-6H,1H3,(H2,13,14,15). The summed E-state index contributed by atoms with van der Waals surface area (Å²) in [6.07, 6.45) is 1.67. The lowest BCUT2D eigenvalue weighted by Gasteiger charge is -2.04. The quantitative estimate of drug-likeness (QED) is 0.813. The van der Waals surface area contributed by atoms with E-state index in [0.717, 1.165) is 15.5 Å². The molecule has 0 amide bonds. The molecule has 3 nitrogen and oxygen atoms in total. The Hall–Kier alpha value is -1.62. The molecule has 0 bridgehead atoms. The molecule has 0 saturated heterocycles. The predicted octanol–water partition coefficient (Wildman–Crippen LogP) is 2.66. The van der Waals surface area contributed by atoms with Gasteiger partial charge in [-0.3, -0.25) is 0 Å². The summed E-state index contributed by atoms with van der Waals surface area (Å²) in [5.41, 5.74) is 6.46. The molecule has 1 aromatic heterocycles. The minimum absolute atomic E-state index is 0.246. The number of nitrogens with zero attached hydrogens (tertiary/aromatic N) is 2. The van der Waals surface area contributed by atoms with Crippen LogP contribution in [0.2, 0.25) is 0 Å². The molecule has 0 spiro atoms. The smallest absolute Gasteiger partial charge is 0.221 e. The molecule has 1 aromatic carbocycles. The summed E-state index contributed by atoms with van der Waals surface area (Å²) in [6, 6.07) is 6.25. The minimum Gasteiger partial charge on any atom is -0.368 e. The van der Waals surface area contributed by atoms with E-state index in [2.05, 4.69) is 9.97 Å². The Morgan fingerprint density at radius 2 is 1.94 bits per heavy atom. The summed E-state index contributed by atoms with van der Waals surface area (Å²) in [6.45, 7) is 1.91. The van der Waals surface area contributed by atoms with Gasteiger partial charge >= 0.3 is 0 Å². The van der Waals surface area contributed by atoms with Crippen molar-refractivity contribution in [3.8, 4) is 0 Å². The number of aromatic nitrogens is 2. The fourth-order valence-electron chi connectivity index (χ4n) is 1.16. The van der Waals surface area contributed by atoms with E-state index in [9.17, 15) is 4.39 Å². The van der Waals surface area contributed by atoms with Crippen LogP contribution in [-0.2, 0) is 0 Å². The molecule has 0 aliphatic carbocycles. The normalized spacial score (nSPS) is 10.4. The molecule has 2 aromatic rings. The van der Waals surface area contributed by atoms with Crippen molar-refractivity contribution in [3.05, 3.63) is 41.8 Å². The zero-order valence-electron chi connectivity index (χ0n) is 8.64. The van der Waals surface area contributed by atoms with Crippen LogP contribution >= 0.6 is 11.8 Å². The SMILES string of the molecule is Cc1cnc(N)nc1Sc1ccc(F)cc1.